The average molecular weight is 342 g/mol. The zero-order valence-electron chi connectivity index (χ0n) is 15.1. The van der Waals surface area contributed by atoms with Crippen LogP contribution in [0.25, 0.3) is 0 Å². The van der Waals surface area contributed by atoms with Gasteiger partial charge in [0.2, 0.25) is 0 Å². The fraction of sp³-hybridized carbons (Fsp3) is 0.450. The van der Waals surface area contributed by atoms with Crippen LogP contribution >= 0.6 is 0 Å². The van der Waals surface area contributed by atoms with Gasteiger partial charge in [0.05, 0.1) is 5.69 Å². The van der Waals surface area contributed by atoms with E-state index in [1.807, 2.05) is 24.3 Å². The molecule has 1 N–H and O–H groups in total. The number of pyridine rings is 1. The van der Waals surface area contributed by atoms with Crippen molar-refractivity contribution in [1.82, 2.24) is 15.2 Å². The first-order valence-electron chi connectivity index (χ1n) is 9.07. The molecule has 5 heteroatoms. The lowest BCUT2D eigenvalue weighted by Crippen LogP contribution is -2.46. The van der Waals surface area contributed by atoms with Crippen molar-refractivity contribution in [3.8, 4) is 0 Å². The van der Waals surface area contributed by atoms with Gasteiger partial charge >= 0.3 is 0 Å². The third kappa shape index (κ3) is 4.55. The van der Waals surface area contributed by atoms with Gasteiger partial charge in [-0.05, 0) is 49.4 Å². The first kappa shape index (κ1) is 17.8. The predicted molar refractivity (Wildman–Crippen MR) is 100 cm³/mol. The highest BCUT2D eigenvalue weighted by molar-refractivity contribution is 5.55. The van der Waals surface area contributed by atoms with E-state index in [9.17, 15) is 4.39 Å². The third-order valence-corrected chi connectivity index (χ3v) is 4.93. The average Bonchev–Trinajstić information content (AvgIpc) is 2.67. The van der Waals surface area contributed by atoms with Crippen LogP contribution in [0.4, 0.5) is 10.1 Å². The molecule has 1 aromatic heterocycles. The van der Waals surface area contributed by atoms with Crippen LogP contribution in [0.1, 0.15) is 31.1 Å². The van der Waals surface area contributed by atoms with Crippen molar-refractivity contribution in [3.63, 3.8) is 0 Å². The van der Waals surface area contributed by atoms with Gasteiger partial charge in [0.1, 0.15) is 5.82 Å². The summed E-state index contributed by atoms with van der Waals surface area (Å²) in [6.45, 7) is 10.1. The summed E-state index contributed by atoms with van der Waals surface area (Å²) in [5.41, 5.74) is 3.14. The van der Waals surface area contributed by atoms with Crippen LogP contribution in [0.15, 0.2) is 42.6 Å². The van der Waals surface area contributed by atoms with Crippen molar-refractivity contribution < 1.29 is 4.39 Å². The van der Waals surface area contributed by atoms with Crippen LogP contribution < -0.4 is 10.2 Å². The molecule has 1 aliphatic heterocycles. The SMILES string of the molecule is CCN1CCN(c2ccc(F)cc2[C@H](C)NCc2ccccn2)CC1. The molecule has 2 heterocycles. The largest absolute Gasteiger partial charge is 0.369 e. The van der Waals surface area contributed by atoms with Crippen LogP contribution in [0.5, 0.6) is 0 Å². The molecule has 25 heavy (non-hydrogen) atoms. The molecule has 3 rings (SSSR count). The molecule has 4 nitrogen and oxygen atoms in total. The number of hydrogen-bond acceptors (Lipinski definition) is 4. The van der Waals surface area contributed by atoms with E-state index in [2.05, 4.69) is 33.9 Å². The first-order valence-corrected chi connectivity index (χ1v) is 9.07. The number of halogens is 1. The minimum Gasteiger partial charge on any atom is -0.369 e. The second kappa shape index (κ2) is 8.41. The summed E-state index contributed by atoms with van der Waals surface area (Å²) in [6, 6.07) is 11.1. The van der Waals surface area contributed by atoms with Crippen molar-refractivity contribution in [3.05, 3.63) is 59.7 Å². The summed E-state index contributed by atoms with van der Waals surface area (Å²) >= 11 is 0. The molecule has 134 valence electrons. The van der Waals surface area contributed by atoms with Crippen molar-refractivity contribution in [1.29, 1.82) is 0 Å². The maximum atomic E-state index is 13.9. The molecule has 0 radical (unpaired) electrons. The number of nitrogens with one attached hydrogen (secondary N) is 1. The van der Waals surface area contributed by atoms with Crippen molar-refractivity contribution in [2.45, 2.75) is 26.4 Å². The second-order valence-electron chi connectivity index (χ2n) is 6.55. The Morgan fingerprint density at radius 3 is 2.64 bits per heavy atom. The highest BCUT2D eigenvalue weighted by Crippen LogP contribution is 2.28. The van der Waals surface area contributed by atoms with Gasteiger partial charge in [-0.25, -0.2) is 4.39 Å². The van der Waals surface area contributed by atoms with Gasteiger partial charge in [0.15, 0.2) is 0 Å². The summed E-state index contributed by atoms with van der Waals surface area (Å²) in [5, 5.41) is 3.48. The summed E-state index contributed by atoms with van der Waals surface area (Å²) in [7, 11) is 0. The second-order valence-corrected chi connectivity index (χ2v) is 6.55. The minimum absolute atomic E-state index is 0.0527. The zero-order valence-corrected chi connectivity index (χ0v) is 15.1. The van der Waals surface area contributed by atoms with E-state index >= 15 is 0 Å². The van der Waals surface area contributed by atoms with Crippen LogP contribution in [0.3, 0.4) is 0 Å². The number of piperazine rings is 1. The molecular formula is C20H27FN4. The summed E-state index contributed by atoms with van der Waals surface area (Å²) < 4.78 is 13.9. The number of nitrogens with zero attached hydrogens (tertiary/aromatic N) is 3. The first-order chi connectivity index (χ1) is 12.2. The topological polar surface area (TPSA) is 31.4 Å². The normalized spacial score (nSPS) is 16.8. The van der Waals surface area contributed by atoms with Crippen molar-refractivity contribution in [2.24, 2.45) is 0 Å². The third-order valence-electron chi connectivity index (χ3n) is 4.93. The maximum Gasteiger partial charge on any atom is 0.123 e. The standard InChI is InChI=1S/C20H27FN4/c1-3-24-10-12-25(13-11-24)20-8-7-17(21)14-19(20)16(2)23-15-18-6-4-5-9-22-18/h4-9,14,16,23H,3,10-13,15H2,1-2H3/t16-/m0/s1. The molecule has 0 bridgehead atoms. The van der Waals surface area contributed by atoms with E-state index in [1.54, 1.807) is 18.3 Å². The number of benzene rings is 1. The van der Waals surface area contributed by atoms with E-state index in [0.717, 1.165) is 49.7 Å². The van der Waals surface area contributed by atoms with E-state index in [4.69, 9.17) is 0 Å². The number of likely N-dealkylation sites (N-methyl/N-ethyl adjacent to an activating group) is 1. The lowest BCUT2D eigenvalue weighted by Gasteiger charge is -2.37. The quantitative estimate of drug-likeness (QED) is 0.873. The molecule has 0 amide bonds. The highest BCUT2D eigenvalue weighted by Gasteiger charge is 2.20. The van der Waals surface area contributed by atoms with Gasteiger partial charge in [-0.1, -0.05) is 13.0 Å². The molecule has 1 saturated heterocycles. The lowest BCUT2D eigenvalue weighted by atomic mass is 10.0. The number of rotatable bonds is 6. The van der Waals surface area contributed by atoms with E-state index in [1.165, 1.54) is 0 Å². The van der Waals surface area contributed by atoms with Gasteiger partial charge in [-0.15, -0.1) is 0 Å². The van der Waals surface area contributed by atoms with Gasteiger partial charge < -0.3 is 15.1 Å². The minimum atomic E-state index is -0.183. The summed E-state index contributed by atoms with van der Waals surface area (Å²) in [6.07, 6.45) is 1.79. The molecule has 1 aliphatic rings. The lowest BCUT2D eigenvalue weighted by molar-refractivity contribution is 0.271. The molecular weight excluding hydrogens is 315 g/mol. The Bertz CT molecular complexity index is 669. The van der Waals surface area contributed by atoms with Crippen LogP contribution in [0, 0.1) is 5.82 Å². The Balaban J connectivity index is 1.72. The molecule has 1 fully saturated rings. The fourth-order valence-electron chi connectivity index (χ4n) is 3.34. The summed E-state index contributed by atoms with van der Waals surface area (Å²) in [4.78, 5) is 9.16. The maximum absolute atomic E-state index is 13.9. The Morgan fingerprint density at radius 2 is 1.96 bits per heavy atom. The van der Waals surface area contributed by atoms with Gasteiger partial charge in [-0.3, -0.25) is 4.98 Å². The van der Waals surface area contributed by atoms with Crippen LogP contribution in [0.2, 0.25) is 0 Å². The molecule has 0 aliphatic carbocycles. The van der Waals surface area contributed by atoms with Gasteiger partial charge in [-0.2, -0.15) is 0 Å². The molecule has 0 unspecified atom stereocenters. The summed E-state index contributed by atoms with van der Waals surface area (Å²) in [5.74, 6) is -0.183. The predicted octanol–water partition coefficient (Wildman–Crippen LogP) is 3.21. The monoisotopic (exact) mass is 342 g/mol. The molecule has 2 aromatic rings. The Kier molecular flexibility index (Phi) is 6.00. The van der Waals surface area contributed by atoms with Crippen molar-refractivity contribution in [2.75, 3.05) is 37.6 Å². The zero-order chi connectivity index (χ0) is 17.6. The van der Waals surface area contributed by atoms with E-state index < -0.39 is 0 Å². The number of aromatic nitrogens is 1. The molecule has 0 saturated carbocycles. The fourth-order valence-corrected chi connectivity index (χ4v) is 3.34. The van der Waals surface area contributed by atoms with Crippen molar-refractivity contribution >= 4 is 5.69 Å². The van der Waals surface area contributed by atoms with Crippen LogP contribution in [-0.2, 0) is 6.54 Å². The van der Waals surface area contributed by atoms with Gasteiger partial charge in [0, 0.05) is 50.6 Å². The van der Waals surface area contributed by atoms with E-state index in [0.29, 0.717) is 6.54 Å². The Hall–Kier alpha value is -1.98. The smallest absolute Gasteiger partial charge is 0.123 e. The molecule has 0 spiro atoms. The number of anilines is 1. The Morgan fingerprint density at radius 1 is 1.16 bits per heavy atom. The van der Waals surface area contributed by atoms with Crippen LogP contribution in [-0.4, -0.2) is 42.6 Å². The Labute approximate surface area is 149 Å². The highest BCUT2D eigenvalue weighted by atomic mass is 19.1. The number of hydrogen-bond donors (Lipinski definition) is 1. The van der Waals surface area contributed by atoms with Gasteiger partial charge in [0.25, 0.3) is 0 Å². The molecule has 1 aromatic carbocycles. The molecule has 1 atom stereocenters. The van der Waals surface area contributed by atoms with E-state index in [-0.39, 0.29) is 11.9 Å².